The third kappa shape index (κ3) is 3.64. The van der Waals surface area contributed by atoms with E-state index in [9.17, 15) is 0 Å². The van der Waals surface area contributed by atoms with Crippen molar-refractivity contribution in [2.45, 2.75) is 31.9 Å². The lowest BCUT2D eigenvalue weighted by Crippen LogP contribution is -2.23. The fraction of sp³-hybridized carbons (Fsp3) is 0.455. The second-order valence-corrected chi connectivity index (χ2v) is 11.7. The SMILES string of the molecule is CC(C)[Si](Cl)(Cl)CCc1ccccc1. The van der Waals surface area contributed by atoms with Crippen LogP contribution in [0.3, 0.4) is 0 Å². The first-order chi connectivity index (χ1) is 6.52. The molecule has 0 aliphatic carbocycles. The summed E-state index contributed by atoms with van der Waals surface area (Å²) in [6.45, 7) is 2.20. The lowest BCUT2D eigenvalue weighted by molar-refractivity contribution is 1.00. The summed E-state index contributed by atoms with van der Waals surface area (Å²) in [7, 11) is 0. The van der Waals surface area contributed by atoms with Gasteiger partial charge in [-0.05, 0) is 23.6 Å². The quantitative estimate of drug-likeness (QED) is 0.540. The normalized spacial score (nSPS) is 12.1. The van der Waals surface area contributed by atoms with E-state index in [0.717, 1.165) is 12.5 Å². The van der Waals surface area contributed by atoms with Crippen LogP contribution in [0.2, 0.25) is 11.6 Å². The first-order valence-corrected chi connectivity index (χ1v) is 9.25. The van der Waals surface area contributed by atoms with Gasteiger partial charge >= 0.3 is 0 Å². The van der Waals surface area contributed by atoms with Gasteiger partial charge in [0.15, 0.2) is 0 Å². The predicted molar refractivity (Wildman–Crippen MR) is 67.5 cm³/mol. The van der Waals surface area contributed by atoms with Crippen LogP contribution in [-0.2, 0) is 6.42 Å². The monoisotopic (exact) mass is 246 g/mol. The van der Waals surface area contributed by atoms with Crippen molar-refractivity contribution < 1.29 is 0 Å². The average Bonchev–Trinajstić information content (AvgIpc) is 2.16. The molecule has 0 aromatic heterocycles. The van der Waals surface area contributed by atoms with E-state index < -0.39 is 6.69 Å². The van der Waals surface area contributed by atoms with E-state index >= 15 is 0 Å². The molecule has 1 aromatic carbocycles. The predicted octanol–water partition coefficient (Wildman–Crippen LogP) is 4.56. The fourth-order valence-corrected chi connectivity index (χ4v) is 3.01. The summed E-state index contributed by atoms with van der Waals surface area (Å²) in [5.41, 5.74) is 1.75. The van der Waals surface area contributed by atoms with Gasteiger partial charge in [0.05, 0.1) is 0 Å². The molecular formula is C11H16Cl2Si. The van der Waals surface area contributed by atoms with Crippen molar-refractivity contribution in [3.8, 4) is 0 Å². The van der Waals surface area contributed by atoms with E-state index in [-0.39, 0.29) is 0 Å². The molecule has 14 heavy (non-hydrogen) atoms. The van der Waals surface area contributed by atoms with Crippen molar-refractivity contribution >= 4 is 28.9 Å². The smallest absolute Gasteiger partial charge is 0.146 e. The molecule has 0 saturated carbocycles. The Morgan fingerprint density at radius 2 is 1.71 bits per heavy atom. The molecule has 0 unspecified atom stereocenters. The van der Waals surface area contributed by atoms with Gasteiger partial charge in [0.25, 0.3) is 6.69 Å². The van der Waals surface area contributed by atoms with E-state index in [1.54, 1.807) is 0 Å². The molecule has 0 amide bonds. The number of rotatable bonds is 4. The van der Waals surface area contributed by atoms with Gasteiger partial charge in [-0.1, -0.05) is 44.2 Å². The molecule has 0 nitrogen and oxygen atoms in total. The number of halogens is 2. The number of aryl methyl sites for hydroxylation is 1. The average molecular weight is 247 g/mol. The highest BCUT2D eigenvalue weighted by Crippen LogP contribution is 2.34. The van der Waals surface area contributed by atoms with E-state index in [4.69, 9.17) is 22.2 Å². The van der Waals surface area contributed by atoms with Gasteiger partial charge in [-0.2, -0.15) is 0 Å². The van der Waals surface area contributed by atoms with E-state index in [1.165, 1.54) is 5.56 Å². The van der Waals surface area contributed by atoms with Gasteiger partial charge in [-0.3, -0.25) is 0 Å². The van der Waals surface area contributed by atoms with Gasteiger partial charge in [0.2, 0.25) is 0 Å². The number of hydrogen-bond donors (Lipinski definition) is 0. The van der Waals surface area contributed by atoms with E-state index in [2.05, 4.69) is 38.1 Å². The molecule has 0 aliphatic heterocycles. The van der Waals surface area contributed by atoms with Crippen LogP contribution in [0.4, 0.5) is 0 Å². The fourth-order valence-electron chi connectivity index (χ4n) is 1.24. The van der Waals surface area contributed by atoms with Crippen molar-refractivity contribution in [2.75, 3.05) is 0 Å². The Labute approximate surface area is 96.7 Å². The molecule has 0 bridgehead atoms. The third-order valence-corrected chi connectivity index (χ3v) is 8.79. The molecule has 0 aliphatic rings. The van der Waals surface area contributed by atoms with E-state index in [0.29, 0.717) is 5.54 Å². The highest BCUT2D eigenvalue weighted by molar-refractivity contribution is 7.45. The molecule has 0 radical (unpaired) electrons. The van der Waals surface area contributed by atoms with Gasteiger partial charge in [-0.25, -0.2) is 0 Å². The summed E-state index contributed by atoms with van der Waals surface area (Å²) < 4.78 is 0. The number of hydrogen-bond acceptors (Lipinski definition) is 0. The Hall–Kier alpha value is 0.0169. The largest absolute Gasteiger partial charge is 0.254 e. The first kappa shape index (κ1) is 12.1. The molecule has 3 heteroatoms. The highest BCUT2D eigenvalue weighted by atomic mass is 35.7. The molecule has 1 rings (SSSR count). The van der Waals surface area contributed by atoms with Crippen molar-refractivity contribution in [1.29, 1.82) is 0 Å². The second-order valence-electron chi connectivity index (χ2n) is 3.90. The van der Waals surface area contributed by atoms with Crippen LogP contribution in [0.1, 0.15) is 19.4 Å². The van der Waals surface area contributed by atoms with Crippen LogP contribution in [0.15, 0.2) is 30.3 Å². The minimum absolute atomic E-state index is 0.426. The zero-order valence-corrected chi connectivity index (χ0v) is 11.1. The van der Waals surface area contributed by atoms with Crippen LogP contribution < -0.4 is 0 Å². The maximum atomic E-state index is 6.33. The van der Waals surface area contributed by atoms with Crippen LogP contribution in [0, 0.1) is 0 Å². The molecule has 0 saturated heterocycles. The van der Waals surface area contributed by atoms with Crippen LogP contribution >= 0.6 is 22.2 Å². The molecular weight excluding hydrogens is 231 g/mol. The topological polar surface area (TPSA) is 0 Å². The van der Waals surface area contributed by atoms with Gasteiger partial charge in [0, 0.05) is 0 Å². The lowest BCUT2D eigenvalue weighted by Gasteiger charge is -2.20. The minimum atomic E-state index is -2.02. The Morgan fingerprint density at radius 1 is 1.14 bits per heavy atom. The lowest BCUT2D eigenvalue weighted by atomic mass is 10.2. The van der Waals surface area contributed by atoms with E-state index in [1.807, 2.05) is 6.07 Å². The zero-order chi connectivity index (χ0) is 10.6. The summed E-state index contributed by atoms with van der Waals surface area (Å²) in [6.07, 6.45) is 0.998. The van der Waals surface area contributed by atoms with Crippen LogP contribution in [-0.4, -0.2) is 6.69 Å². The summed E-state index contributed by atoms with van der Waals surface area (Å²) in [6, 6.07) is 11.3. The summed E-state index contributed by atoms with van der Waals surface area (Å²) >= 11 is 12.7. The Bertz CT molecular complexity index is 270. The Morgan fingerprint density at radius 3 is 2.21 bits per heavy atom. The number of benzene rings is 1. The molecule has 0 heterocycles. The molecule has 1 aromatic rings. The summed E-state index contributed by atoms with van der Waals surface area (Å²) in [4.78, 5) is 0. The molecule has 0 N–H and O–H groups in total. The molecule has 0 spiro atoms. The molecule has 78 valence electrons. The first-order valence-electron chi connectivity index (χ1n) is 4.94. The van der Waals surface area contributed by atoms with Gasteiger partial charge in [0.1, 0.15) is 0 Å². The summed E-state index contributed by atoms with van der Waals surface area (Å²) in [5, 5.41) is 0. The van der Waals surface area contributed by atoms with Gasteiger partial charge < -0.3 is 0 Å². The van der Waals surface area contributed by atoms with Crippen LogP contribution in [0.25, 0.3) is 0 Å². The summed E-state index contributed by atoms with van der Waals surface area (Å²) in [5.74, 6) is 0. The Balaban J connectivity index is 2.49. The maximum absolute atomic E-state index is 6.33. The van der Waals surface area contributed by atoms with Crippen molar-refractivity contribution in [3.05, 3.63) is 35.9 Å². The van der Waals surface area contributed by atoms with Crippen molar-refractivity contribution in [3.63, 3.8) is 0 Å². The highest BCUT2D eigenvalue weighted by Gasteiger charge is 2.31. The van der Waals surface area contributed by atoms with Crippen LogP contribution in [0.5, 0.6) is 0 Å². The Kier molecular flexibility index (Phi) is 4.49. The minimum Gasteiger partial charge on any atom is -0.146 e. The molecule has 0 atom stereocenters. The van der Waals surface area contributed by atoms with Crippen molar-refractivity contribution in [2.24, 2.45) is 0 Å². The third-order valence-electron chi connectivity index (χ3n) is 2.43. The standard InChI is InChI=1S/C11H16Cl2Si/c1-10(2)14(12,13)9-8-11-6-4-3-5-7-11/h3-7,10H,8-9H2,1-2H3. The maximum Gasteiger partial charge on any atom is 0.254 e. The van der Waals surface area contributed by atoms with Gasteiger partial charge in [-0.15, -0.1) is 22.2 Å². The molecule has 0 fully saturated rings. The zero-order valence-electron chi connectivity index (χ0n) is 8.63. The second kappa shape index (κ2) is 5.20. The van der Waals surface area contributed by atoms with Crippen molar-refractivity contribution in [1.82, 2.24) is 0 Å².